The Balaban J connectivity index is 1.81. The molecule has 0 amide bonds. The highest BCUT2D eigenvalue weighted by atomic mass is 32.2. The molecule has 2 aromatic carbocycles. The van der Waals surface area contributed by atoms with Gasteiger partial charge in [0.05, 0.1) is 21.5 Å². The first-order valence-electron chi connectivity index (χ1n) is 10.3. The number of aryl methyl sites for hydroxylation is 2. The van der Waals surface area contributed by atoms with E-state index in [0.29, 0.717) is 24.3 Å². The molecule has 1 aliphatic rings. The van der Waals surface area contributed by atoms with E-state index in [0.717, 1.165) is 25.2 Å². The van der Waals surface area contributed by atoms with E-state index >= 15 is 4.39 Å². The van der Waals surface area contributed by atoms with Gasteiger partial charge in [0, 0.05) is 39.4 Å². The largest absolute Gasteiger partial charge is 0.367 e. The molecule has 6 nitrogen and oxygen atoms in total. The number of hydrogen-bond donors (Lipinski definition) is 0. The second-order valence-electron chi connectivity index (χ2n) is 7.99. The number of aromatic nitrogens is 1. The molecule has 0 aliphatic carbocycles. The van der Waals surface area contributed by atoms with E-state index in [-0.39, 0.29) is 15.2 Å². The highest BCUT2D eigenvalue weighted by Gasteiger charge is 2.25. The summed E-state index contributed by atoms with van der Waals surface area (Å²) < 4.78 is 42.8. The second kappa shape index (κ2) is 8.09. The van der Waals surface area contributed by atoms with Crippen molar-refractivity contribution in [3.8, 4) is 0 Å². The second-order valence-corrected chi connectivity index (χ2v) is 9.91. The van der Waals surface area contributed by atoms with E-state index in [1.807, 2.05) is 11.8 Å². The van der Waals surface area contributed by atoms with Crippen molar-refractivity contribution >= 4 is 26.4 Å². The van der Waals surface area contributed by atoms with Crippen LogP contribution in [-0.4, -0.2) is 50.6 Å². The van der Waals surface area contributed by atoms with Gasteiger partial charge in [-0.25, -0.2) is 12.8 Å². The summed E-state index contributed by atoms with van der Waals surface area (Å²) in [5.74, 6) is -0.514. The summed E-state index contributed by atoms with van der Waals surface area (Å²) in [4.78, 5) is 17.1. The van der Waals surface area contributed by atoms with Crippen molar-refractivity contribution < 1.29 is 12.8 Å². The molecule has 1 fully saturated rings. The Morgan fingerprint density at radius 2 is 1.68 bits per heavy atom. The zero-order valence-electron chi connectivity index (χ0n) is 17.9. The van der Waals surface area contributed by atoms with Crippen molar-refractivity contribution in [1.29, 1.82) is 0 Å². The van der Waals surface area contributed by atoms with Crippen LogP contribution in [0.3, 0.4) is 0 Å². The third-order valence-electron chi connectivity index (χ3n) is 6.01. The molecule has 4 rings (SSSR count). The number of benzene rings is 2. The van der Waals surface area contributed by atoms with Crippen LogP contribution in [-0.2, 0) is 16.9 Å². The van der Waals surface area contributed by atoms with Gasteiger partial charge >= 0.3 is 0 Å². The Kier molecular flexibility index (Phi) is 5.61. The van der Waals surface area contributed by atoms with E-state index in [9.17, 15) is 13.2 Å². The number of hydrogen-bond acceptors (Lipinski definition) is 5. The quantitative estimate of drug-likeness (QED) is 0.621. The fraction of sp³-hybridized carbons (Fsp3) is 0.348. The standard InChI is InChI=1S/C23H26FN3O3S/c1-4-26-9-11-27(12-10-26)21-14-20-18(13-19(21)24)23(28)22(15-25(20)3)31(29,30)17-7-5-16(2)6-8-17/h5-8,13-15H,4,9-12H2,1-3H3. The molecule has 164 valence electrons. The van der Waals surface area contributed by atoms with Gasteiger partial charge in [0.2, 0.25) is 15.3 Å². The van der Waals surface area contributed by atoms with Crippen LogP contribution in [0.5, 0.6) is 0 Å². The lowest BCUT2D eigenvalue weighted by atomic mass is 10.1. The van der Waals surface area contributed by atoms with Gasteiger partial charge < -0.3 is 14.4 Å². The number of rotatable bonds is 4. The van der Waals surface area contributed by atoms with Gasteiger partial charge in [-0.15, -0.1) is 0 Å². The topological polar surface area (TPSA) is 62.6 Å². The minimum Gasteiger partial charge on any atom is -0.367 e. The lowest BCUT2D eigenvalue weighted by molar-refractivity contribution is 0.270. The number of pyridine rings is 1. The summed E-state index contributed by atoms with van der Waals surface area (Å²) in [5.41, 5.74) is 1.17. The van der Waals surface area contributed by atoms with Crippen LogP contribution in [0.4, 0.5) is 10.1 Å². The van der Waals surface area contributed by atoms with Crippen LogP contribution < -0.4 is 10.3 Å². The molecule has 0 N–H and O–H groups in total. The fourth-order valence-electron chi connectivity index (χ4n) is 4.04. The van der Waals surface area contributed by atoms with Crippen molar-refractivity contribution in [2.45, 2.75) is 23.6 Å². The van der Waals surface area contributed by atoms with Gasteiger partial charge in [-0.05, 0) is 37.7 Å². The molecule has 0 bridgehead atoms. The van der Waals surface area contributed by atoms with Gasteiger partial charge in [-0.1, -0.05) is 24.6 Å². The summed E-state index contributed by atoms with van der Waals surface area (Å²) in [6.45, 7) is 8.01. The maximum absolute atomic E-state index is 15.0. The molecule has 3 aromatic rings. The Hall–Kier alpha value is -2.71. The molecule has 31 heavy (non-hydrogen) atoms. The van der Waals surface area contributed by atoms with Crippen LogP contribution in [0, 0.1) is 12.7 Å². The molecular formula is C23H26FN3O3S. The SMILES string of the molecule is CCN1CCN(c2cc3c(cc2F)c(=O)c(S(=O)(=O)c2ccc(C)cc2)cn3C)CC1. The summed E-state index contributed by atoms with van der Waals surface area (Å²) in [6.07, 6.45) is 1.33. The molecule has 1 aliphatic heterocycles. The molecule has 8 heteroatoms. The molecule has 0 atom stereocenters. The normalized spacial score (nSPS) is 15.5. The van der Waals surface area contributed by atoms with E-state index < -0.39 is 21.1 Å². The summed E-state index contributed by atoms with van der Waals surface area (Å²) in [5, 5.41) is 0.0594. The average Bonchev–Trinajstić information content (AvgIpc) is 2.76. The van der Waals surface area contributed by atoms with Crippen LogP contribution >= 0.6 is 0 Å². The highest BCUT2D eigenvalue weighted by molar-refractivity contribution is 7.91. The van der Waals surface area contributed by atoms with Gasteiger partial charge in [-0.3, -0.25) is 4.79 Å². The Morgan fingerprint density at radius 1 is 1.03 bits per heavy atom. The lowest BCUT2D eigenvalue weighted by Crippen LogP contribution is -2.46. The maximum Gasteiger partial charge on any atom is 0.211 e. The monoisotopic (exact) mass is 443 g/mol. The Bertz CT molecular complexity index is 1290. The maximum atomic E-state index is 15.0. The van der Waals surface area contributed by atoms with Crippen molar-refractivity contribution in [3.05, 3.63) is 64.2 Å². The first kappa shape index (κ1) is 21.5. The lowest BCUT2D eigenvalue weighted by Gasteiger charge is -2.35. The first-order valence-corrected chi connectivity index (χ1v) is 11.8. The van der Waals surface area contributed by atoms with Crippen LogP contribution in [0.25, 0.3) is 10.9 Å². The Morgan fingerprint density at radius 3 is 2.29 bits per heavy atom. The third kappa shape index (κ3) is 3.85. The van der Waals surface area contributed by atoms with Crippen LogP contribution in [0.1, 0.15) is 12.5 Å². The molecule has 0 radical (unpaired) electrons. The molecule has 0 saturated carbocycles. The predicted octanol–water partition coefficient (Wildman–Crippen LogP) is 2.96. The van der Waals surface area contributed by atoms with Crippen LogP contribution in [0.15, 0.2) is 57.2 Å². The summed E-state index contributed by atoms with van der Waals surface area (Å²) >= 11 is 0. The van der Waals surface area contributed by atoms with Crippen molar-refractivity contribution in [2.24, 2.45) is 7.05 Å². The average molecular weight is 444 g/mol. The predicted molar refractivity (Wildman–Crippen MR) is 120 cm³/mol. The summed E-state index contributed by atoms with van der Waals surface area (Å²) in [6, 6.07) is 9.15. The molecule has 0 spiro atoms. The van der Waals surface area contributed by atoms with Crippen LogP contribution in [0.2, 0.25) is 0 Å². The molecular weight excluding hydrogens is 417 g/mol. The van der Waals surface area contributed by atoms with Gasteiger partial charge in [-0.2, -0.15) is 0 Å². The summed E-state index contributed by atoms with van der Waals surface area (Å²) in [7, 11) is -2.35. The minimum absolute atomic E-state index is 0.0421. The van der Waals surface area contributed by atoms with Crippen molar-refractivity contribution in [1.82, 2.24) is 9.47 Å². The molecule has 2 heterocycles. The van der Waals surface area contributed by atoms with E-state index in [2.05, 4.69) is 11.8 Å². The van der Waals surface area contributed by atoms with Gasteiger partial charge in [0.25, 0.3) is 0 Å². The number of likely N-dealkylation sites (N-methyl/N-ethyl adjacent to an activating group) is 1. The number of piperazine rings is 1. The number of fused-ring (bicyclic) bond motifs is 1. The smallest absolute Gasteiger partial charge is 0.211 e. The number of anilines is 1. The number of sulfone groups is 1. The highest BCUT2D eigenvalue weighted by Crippen LogP contribution is 2.27. The number of halogens is 1. The van der Waals surface area contributed by atoms with Gasteiger partial charge in [0.1, 0.15) is 10.7 Å². The zero-order chi connectivity index (χ0) is 22.3. The first-order chi connectivity index (χ1) is 14.7. The zero-order valence-corrected chi connectivity index (χ0v) is 18.7. The molecule has 1 saturated heterocycles. The fourth-order valence-corrected chi connectivity index (χ4v) is 5.44. The van der Waals surface area contributed by atoms with Crippen molar-refractivity contribution in [3.63, 3.8) is 0 Å². The molecule has 0 unspecified atom stereocenters. The minimum atomic E-state index is -4.02. The van der Waals surface area contributed by atoms with Gasteiger partial charge in [0.15, 0.2) is 0 Å². The van der Waals surface area contributed by atoms with Crippen molar-refractivity contribution in [2.75, 3.05) is 37.6 Å². The third-order valence-corrected chi connectivity index (χ3v) is 7.77. The molecule has 1 aromatic heterocycles. The van der Waals surface area contributed by atoms with E-state index in [1.54, 1.807) is 29.8 Å². The van der Waals surface area contributed by atoms with E-state index in [1.165, 1.54) is 24.4 Å². The Labute approximate surface area is 181 Å². The number of nitrogens with zero attached hydrogens (tertiary/aromatic N) is 3. The van der Waals surface area contributed by atoms with E-state index in [4.69, 9.17) is 0 Å².